The molecular weight excluding hydrogens is 194 g/mol. The van der Waals surface area contributed by atoms with Gasteiger partial charge in [0.25, 0.3) is 0 Å². The van der Waals surface area contributed by atoms with Gasteiger partial charge in [0.2, 0.25) is 0 Å². The molecule has 0 fully saturated rings. The van der Waals surface area contributed by atoms with Crippen LogP contribution in [0.25, 0.3) is 0 Å². The van der Waals surface area contributed by atoms with Crippen molar-refractivity contribution in [1.82, 2.24) is 0 Å². The van der Waals surface area contributed by atoms with Crippen LogP contribution in [0.4, 0.5) is 0 Å². The van der Waals surface area contributed by atoms with Gasteiger partial charge in [-0.15, -0.1) is 0 Å². The van der Waals surface area contributed by atoms with Crippen molar-refractivity contribution in [2.45, 2.75) is 6.10 Å². The van der Waals surface area contributed by atoms with Crippen LogP contribution in [0.15, 0.2) is 47.2 Å². The molecule has 0 spiro atoms. The molecule has 3 heteroatoms. The van der Waals surface area contributed by atoms with E-state index in [9.17, 15) is 0 Å². The lowest BCUT2D eigenvalue weighted by Crippen LogP contribution is -2.09. The Bertz CT molecular complexity index is 371. The second-order valence-corrected chi connectivity index (χ2v) is 3.76. The Morgan fingerprint density at radius 3 is 2.43 bits per heavy atom. The standard InChI is InChI=1S/C11H11NOS/c12-13-11(10-6-7-14-8-10)9-4-2-1-3-5-9/h1-8,11H,12H2. The monoisotopic (exact) mass is 205 g/mol. The molecule has 2 N–H and O–H groups in total. The summed E-state index contributed by atoms with van der Waals surface area (Å²) in [5.41, 5.74) is 2.18. The molecule has 2 rings (SSSR count). The van der Waals surface area contributed by atoms with Gasteiger partial charge in [0, 0.05) is 0 Å². The maximum absolute atomic E-state index is 5.30. The number of hydrogen-bond donors (Lipinski definition) is 1. The van der Waals surface area contributed by atoms with E-state index in [1.54, 1.807) is 11.3 Å². The summed E-state index contributed by atoms with van der Waals surface area (Å²) < 4.78 is 0. The molecule has 72 valence electrons. The summed E-state index contributed by atoms with van der Waals surface area (Å²) >= 11 is 1.64. The van der Waals surface area contributed by atoms with E-state index in [2.05, 4.69) is 0 Å². The molecule has 1 aromatic heterocycles. The maximum Gasteiger partial charge on any atom is 0.130 e. The highest BCUT2D eigenvalue weighted by molar-refractivity contribution is 7.07. The van der Waals surface area contributed by atoms with Gasteiger partial charge in [-0.3, -0.25) is 4.84 Å². The van der Waals surface area contributed by atoms with E-state index in [4.69, 9.17) is 10.7 Å². The fraction of sp³-hybridized carbons (Fsp3) is 0.0909. The van der Waals surface area contributed by atoms with Crippen molar-refractivity contribution < 1.29 is 4.84 Å². The van der Waals surface area contributed by atoms with E-state index in [1.807, 2.05) is 47.2 Å². The van der Waals surface area contributed by atoms with Crippen LogP contribution >= 0.6 is 11.3 Å². The van der Waals surface area contributed by atoms with Crippen molar-refractivity contribution in [2.24, 2.45) is 5.90 Å². The minimum atomic E-state index is -0.151. The number of benzene rings is 1. The van der Waals surface area contributed by atoms with Gasteiger partial charge >= 0.3 is 0 Å². The SMILES string of the molecule is NOC(c1ccccc1)c1ccsc1. The van der Waals surface area contributed by atoms with E-state index >= 15 is 0 Å². The molecule has 2 nitrogen and oxygen atoms in total. The third kappa shape index (κ3) is 1.85. The van der Waals surface area contributed by atoms with Crippen molar-refractivity contribution in [3.8, 4) is 0 Å². The Morgan fingerprint density at radius 2 is 1.86 bits per heavy atom. The molecule has 2 aromatic rings. The Morgan fingerprint density at radius 1 is 1.07 bits per heavy atom. The van der Waals surface area contributed by atoms with Crippen LogP contribution in [-0.2, 0) is 4.84 Å². The highest BCUT2D eigenvalue weighted by Crippen LogP contribution is 2.25. The Kier molecular flexibility index (Phi) is 2.93. The average molecular weight is 205 g/mol. The zero-order valence-corrected chi connectivity index (χ0v) is 8.41. The molecule has 0 aliphatic carbocycles. The summed E-state index contributed by atoms with van der Waals surface area (Å²) in [7, 11) is 0. The first-order chi connectivity index (χ1) is 6.92. The second-order valence-electron chi connectivity index (χ2n) is 2.98. The fourth-order valence-corrected chi connectivity index (χ4v) is 2.08. The van der Waals surface area contributed by atoms with Crippen LogP contribution in [0.1, 0.15) is 17.2 Å². The smallest absolute Gasteiger partial charge is 0.130 e. The van der Waals surface area contributed by atoms with Crippen molar-refractivity contribution in [3.63, 3.8) is 0 Å². The normalized spacial score (nSPS) is 12.6. The van der Waals surface area contributed by atoms with Gasteiger partial charge in [-0.05, 0) is 28.0 Å². The van der Waals surface area contributed by atoms with Crippen molar-refractivity contribution in [2.75, 3.05) is 0 Å². The summed E-state index contributed by atoms with van der Waals surface area (Å²) in [5, 5.41) is 4.06. The molecule has 14 heavy (non-hydrogen) atoms. The second kappa shape index (κ2) is 4.37. The van der Waals surface area contributed by atoms with E-state index in [0.717, 1.165) is 11.1 Å². The summed E-state index contributed by atoms with van der Waals surface area (Å²) in [6.45, 7) is 0. The molecule has 0 saturated carbocycles. The lowest BCUT2D eigenvalue weighted by atomic mass is 10.0. The third-order valence-corrected chi connectivity index (χ3v) is 2.79. The van der Waals surface area contributed by atoms with Gasteiger partial charge in [0.05, 0.1) is 0 Å². The number of thiophene rings is 1. The van der Waals surface area contributed by atoms with Crippen LogP contribution in [0.2, 0.25) is 0 Å². The fourth-order valence-electron chi connectivity index (χ4n) is 1.40. The highest BCUT2D eigenvalue weighted by Gasteiger charge is 2.13. The number of hydrogen-bond acceptors (Lipinski definition) is 3. The highest BCUT2D eigenvalue weighted by atomic mass is 32.1. The zero-order chi connectivity index (χ0) is 9.80. The van der Waals surface area contributed by atoms with E-state index in [0.29, 0.717) is 0 Å². The van der Waals surface area contributed by atoms with Crippen LogP contribution in [0.3, 0.4) is 0 Å². The van der Waals surface area contributed by atoms with Crippen molar-refractivity contribution >= 4 is 11.3 Å². The maximum atomic E-state index is 5.30. The van der Waals surface area contributed by atoms with E-state index < -0.39 is 0 Å². The van der Waals surface area contributed by atoms with Gasteiger partial charge in [0.1, 0.15) is 6.10 Å². The van der Waals surface area contributed by atoms with Gasteiger partial charge in [-0.2, -0.15) is 11.3 Å². The summed E-state index contributed by atoms with van der Waals surface area (Å²) in [5.74, 6) is 5.30. The van der Waals surface area contributed by atoms with E-state index in [-0.39, 0.29) is 6.10 Å². The van der Waals surface area contributed by atoms with E-state index in [1.165, 1.54) is 0 Å². The van der Waals surface area contributed by atoms with Crippen LogP contribution in [0, 0.1) is 0 Å². The third-order valence-electron chi connectivity index (χ3n) is 2.08. The quantitative estimate of drug-likeness (QED) is 0.782. The lowest BCUT2D eigenvalue weighted by Gasteiger charge is -2.12. The first kappa shape index (κ1) is 9.40. The van der Waals surface area contributed by atoms with Gasteiger partial charge in [-0.25, -0.2) is 5.90 Å². The number of rotatable bonds is 3. The molecule has 0 aliphatic heterocycles. The molecule has 0 aliphatic rings. The number of nitrogens with two attached hydrogens (primary N) is 1. The predicted molar refractivity (Wildman–Crippen MR) is 57.9 cm³/mol. The molecular formula is C11H11NOS. The summed E-state index contributed by atoms with van der Waals surface area (Å²) in [6, 6.07) is 12.0. The Balaban J connectivity index is 2.31. The average Bonchev–Trinajstić information content (AvgIpc) is 2.74. The summed E-state index contributed by atoms with van der Waals surface area (Å²) in [4.78, 5) is 4.99. The van der Waals surface area contributed by atoms with Crippen LogP contribution < -0.4 is 5.90 Å². The predicted octanol–water partition coefficient (Wildman–Crippen LogP) is 2.73. The molecule has 0 saturated heterocycles. The van der Waals surface area contributed by atoms with Crippen molar-refractivity contribution in [3.05, 3.63) is 58.3 Å². The Labute approximate surface area is 86.9 Å². The molecule has 1 unspecified atom stereocenters. The van der Waals surface area contributed by atoms with Gasteiger partial charge in [0.15, 0.2) is 0 Å². The van der Waals surface area contributed by atoms with Gasteiger partial charge < -0.3 is 0 Å². The molecule has 1 aromatic carbocycles. The Hall–Kier alpha value is -1.16. The minimum Gasteiger partial charge on any atom is -0.292 e. The first-order valence-electron chi connectivity index (χ1n) is 4.34. The first-order valence-corrected chi connectivity index (χ1v) is 5.28. The summed E-state index contributed by atoms with van der Waals surface area (Å²) in [6.07, 6.45) is -0.151. The lowest BCUT2D eigenvalue weighted by molar-refractivity contribution is 0.0816. The molecule has 1 heterocycles. The minimum absolute atomic E-state index is 0.151. The zero-order valence-electron chi connectivity index (χ0n) is 7.59. The van der Waals surface area contributed by atoms with Crippen LogP contribution in [0.5, 0.6) is 0 Å². The molecule has 0 radical (unpaired) electrons. The van der Waals surface area contributed by atoms with Crippen molar-refractivity contribution in [1.29, 1.82) is 0 Å². The molecule has 0 bridgehead atoms. The van der Waals surface area contributed by atoms with Gasteiger partial charge in [-0.1, -0.05) is 30.3 Å². The largest absolute Gasteiger partial charge is 0.292 e. The topological polar surface area (TPSA) is 35.2 Å². The molecule has 0 amide bonds. The van der Waals surface area contributed by atoms with Crippen LogP contribution in [-0.4, -0.2) is 0 Å². The molecule has 1 atom stereocenters.